The fraction of sp³-hybridized carbons (Fsp3) is 0.0625. The number of nitrogens with one attached hydrogen (secondary N) is 2. The molecule has 0 bridgehead atoms. The third-order valence-electron chi connectivity index (χ3n) is 2.78. The Morgan fingerprint density at radius 3 is 2.12 bits per heavy atom. The van der Waals surface area contributed by atoms with Crippen molar-refractivity contribution in [3.8, 4) is 0 Å². The van der Waals surface area contributed by atoms with E-state index in [1.165, 1.54) is 0 Å². The summed E-state index contributed by atoms with van der Waals surface area (Å²) in [4.78, 5) is 34.8. The lowest BCUT2D eigenvalue weighted by atomic mass is 10.2. The summed E-state index contributed by atoms with van der Waals surface area (Å²) >= 11 is 0. The first kappa shape index (κ1) is 17.1. The number of benzene rings is 2. The first-order valence-corrected chi connectivity index (χ1v) is 6.73. The minimum Gasteiger partial charge on any atom is -0.452 e. The van der Waals surface area contributed by atoms with Gasteiger partial charge in [-0.1, -0.05) is 18.2 Å². The Bertz CT molecular complexity index is 746. The van der Waals surface area contributed by atoms with Gasteiger partial charge in [-0.15, -0.1) is 0 Å². The van der Waals surface area contributed by atoms with Crippen LogP contribution in [-0.4, -0.2) is 24.4 Å². The Balaban J connectivity index is 1.80. The predicted molar refractivity (Wildman–Crippen MR) is 78.7 cm³/mol. The summed E-state index contributed by atoms with van der Waals surface area (Å²) in [5.41, 5.74) is 4.13. The van der Waals surface area contributed by atoms with Crippen molar-refractivity contribution in [1.82, 2.24) is 10.9 Å². The minimum absolute atomic E-state index is 0.324. The molecule has 0 aliphatic heterocycles. The number of carbonyl (C=O) groups is 3. The zero-order chi connectivity index (χ0) is 17.5. The molecule has 0 saturated carbocycles. The van der Waals surface area contributed by atoms with Crippen LogP contribution in [0, 0.1) is 11.6 Å². The Morgan fingerprint density at radius 2 is 1.50 bits per heavy atom. The van der Waals surface area contributed by atoms with Crippen LogP contribution in [0.25, 0.3) is 0 Å². The molecule has 0 aliphatic rings. The molecule has 0 spiro atoms. The van der Waals surface area contributed by atoms with E-state index in [0.29, 0.717) is 11.6 Å². The SMILES string of the molecule is O=C(COC(=O)c1cc(F)cc(F)c1)NNC(=O)c1ccccc1. The van der Waals surface area contributed by atoms with E-state index in [1.807, 2.05) is 5.43 Å². The van der Waals surface area contributed by atoms with Crippen molar-refractivity contribution < 1.29 is 27.9 Å². The third-order valence-corrected chi connectivity index (χ3v) is 2.78. The number of hydrogen-bond donors (Lipinski definition) is 2. The molecule has 6 nitrogen and oxygen atoms in total. The van der Waals surface area contributed by atoms with Gasteiger partial charge in [0.25, 0.3) is 11.8 Å². The Labute approximate surface area is 135 Å². The number of hydrazine groups is 1. The molecule has 2 aromatic rings. The summed E-state index contributed by atoms with van der Waals surface area (Å²) < 4.78 is 30.6. The average Bonchev–Trinajstić information content (AvgIpc) is 2.57. The smallest absolute Gasteiger partial charge is 0.338 e. The van der Waals surface area contributed by atoms with Gasteiger partial charge >= 0.3 is 5.97 Å². The maximum Gasteiger partial charge on any atom is 0.338 e. The second-order valence-electron chi connectivity index (χ2n) is 4.60. The van der Waals surface area contributed by atoms with Crippen molar-refractivity contribution in [2.75, 3.05) is 6.61 Å². The lowest BCUT2D eigenvalue weighted by molar-refractivity contribution is -0.125. The molecule has 0 saturated heterocycles. The van der Waals surface area contributed by atoms with E-state index in [1.54, 1.807) is 30.3 Å². The van der Waals surface area contributed by atoms with Crippen LogP contribution in [0.15, 0.2) is 48.5 Å². The van der Waals surface area contributed by atoms with Gasteiger partial charge in [-0.3, -0.25) is 20.4 Å². The van der Waals surface area contributed by atoms with Crippen LogP contribution in [0.5, 0.6) is 0 Å². The van der Waals surface area contributed by atoms with Crippen LogP contribution in [0.1, 0.15) is 20.7 Å². The van der Waals surface area contributed by atoms with E-state index in [-0.39, 0.29) is 5.56 Å². The number of esters is 1. The van der Waals surface area contributed by atoms with Crippen molar-refractivity contribution >= 4 is 17.8 Å². The zero-order valence-electron chi connectivity index (χ0n) is 12.2. The van der Waals surface area contributed by atoms with Crippen molar-refractivity contribution in [3.63, 3.8) is 0 Å². The molecule has 2 aromatic carbocycles. The number of amides is 2. The summed E-state index contributed by atoms with van der Waals surface area (Å²) in [5, 5.41) is 0. The highest BCUT2D eigenvalue weighted by Crippen LogP contribution is 2.09. The summed E-state index contributed by atoms with van der Waals surface area (Å²) in [5.74, 6) is -4.33. The van der Waals surface area contributed by atoms with Gasteiger partial charge in [0, 0.05) is 11.6 Å². The molecule has 2 N–H and O–H groups in total. The fourth-order valence-corrected chi connectivity index (χ4v) is 1.71. The van der Waals surface area contributed by atoms with Crippen LogP contribution in [0.4, 0.5) is 8.78 Å². The monoisotopic (exact) mass is 334 g/mol. The molecule has 0 aliphatic carbocycles. The Morgan fingerprint density at radius 1 is 0.875 bits per heavy atom. The number of hydrogen-bond acceptors (Lipinski definition) is 4. The molecule has 0 unspecified atom stereocenters. The molecule has 24 heavy (non-hydrogen) atoms. The minimum atomic E-state index is -1.07. The largest absolute Gasteiger partial charge is 0.452 e. The molecule has 2 rings (SSSR count). The lowest BCUT2D eigenvalue weighted by Gasteiger charge is -2.08. The van der Waals surface area contributed by atoms with E-state index < -0.39 is 36.0 Å². The predicted octanol–water partition coefficient (Wildman–Crippen LogP) is 1.58. The second-order valence-corrected chi connectivity index (χ2v) is 4.60. The zero-order valence-corrected chi connectivity index (χ0v) is 12.2. The normalized spacial score (nSPS) is 9.92. The molecule has 2 amide bonds. The maximum atomic E-state index is 13.0. The molecule has 124 valence electrons. The van der Waals surface area contributed by atoms with Crippen molar-refractivity contribution in [3.05, 3.63) is 71.3 Å². The first-order chi connectivity index (χ1) is 11.5. The number of ether oxygens (including phenoxy) is 1. The van der Waals surface area contributed by atoms with Gasteiger partial charge in [0.05, 0.1) is 5.56 Å². The summed E-state index contributed by atoms with van der Waals surface area (Å²) in [6.45, 7) is -0.730. The van der Waals surface area contributed by atoms with Crippen molar-refractivity contribution in [2.24, 2.45) is 0 Å². The van der Waals surface area contributed by atoms with Gasteiger partial charge in [-0.25, -0.2) is 13.6 Å². The number of halogens is 2. The van der Waals surface area contributed by atoms with Gasteiger partial charge in [0.1, 0.15) is 11.6 Å². The van der Waals surface area contributed by atoms with Crippen LogP contribution >= 0.6 is 0 Å². The average molecular weight is 334 g/mol. The van der Waals surface area contributed by atoms with Crippen LogP contribution < -0.4 is 10.9 Å². The number of carbonyl (C=O) groups excluding carboxylic acids is 3. The molecule has 0 fully saturated rings. The van der Waals surface area contributed by atoms with Crippen LogP contribution in [-0.2, 0) is 9.53 Å². The molecule has 8 heteroatoms. The second kappa shape index (κ2) is 7.82. The molecule has 0 atom stereocenters. The van der Waals surface area contributed by atoms with E-state index in [4.69, 9.17) is 0 Å². The highest BCUT2D eigenvalue weighted by Gasteiger charge is 2.13. The lowest BCUT2D eigenvalue weighted by Crippen LogP contribution is -2.43. The topological polar surface area (TPSA) is 84.5 Å². The summed E-state index contributed by atoms with van der Waals surface area (Å²) in [7, 11) is 0. The first-order valence-electron chi connectivity index (χ1n) is 6.73. The van der Waals surface area contributed by atoms with Crippen molar-refractivity contribution in [1.29, 1.82) is 0 Å². The fourth-order valence-electron chi connectivity index (χ4n) is 1.71. The summed E-state index contributed by atoms with van der Waals surface area (Å²) in [6, 6.07) is 10.3. The van der Waals surface area contributed by atoms with Gasteiger partial charge < -0.3 is 4.74 Å². The number of rotatable bonds is 4. The summed E-state index contributed by atoms with van der Waals surface area (Å²) in [6.07, 6.45) is 0. The van der Waals surface area contributed by atoms with E-state index in [2.05, 4.69) is 10.2 Å². The van der Waals surface area contributed by atoms with Gasteiger partial charge in [0.15, 0.2) is 6.61 Å². The van der Waals surface area contributed by atoms with Crippen LogP contribution in [0.2, 0.25) is 0 Å². The van der Waals surface area contributed by atoms with Gasteiger partial charge in [0.2, 0.25) is 0 Å². The van der Waals surface area contributed by atoms with E-state index in [9.17, 15) is 23.2 Å². The molecule has 0 radical (unpaired) electrons. The van der Waals surface area contributed by atoms with E-state index >= 15 is 0 Å². The highest BCUT2D eigenvalue weighted by molar-refractivity contribution is 5.96. The quantitative estimate of drug-likeness (QED) is 0.657. The van der Waals surface area contributed by atoms with Crippen LogP contribution in [0.3, 0.4) is 0 Å². The molecule has 0 aromatic heterocycles. The molecule has 0 heterocycles. The Hall–Kier alpha value is -3.29. The maximum absolute atomic E-state index is 13.0. The Kier molecular flexibility index (Phi) is 5.56. The molecular weight excluding hydrogens is 322 g/mol. The van der Waals surface area contributed by atoms with Crippen molar-refractivity contribution in [2.45, 2.75) is 0 Å². The highest BCUT2D eigenvalue weighted by atomic mass is 19.1. The van der Waals surface area contributed by atoms with E-state index in [0.717, 1.165) is 12.1 Å². The standard InChI is InChI=1S/C16H12F2N2O4/c17-12-6-11(7-13(18)8-12)16(23)24-9-14(21)19-20-15(22)10-4-2-1-3-5-10/h1-8H,9H2,(H,19,21)(H,20,22). The van der Waals surface area contributed by atoms with Gasteiger partial charge in [-0.2, -0.15) is 0 Å². The molecular formula is C16H12F2N2O4. The van der Waals surface area contributed by atoms with Gasteiger partial charge in [-0.05, 0) is 24.3 Å². The third kappa shape index (κ3) is 4.87.